The largest absolute Gasteiger partial charge is 0.373 e. The number of rotatable bonds is 6. The van der Waals surface area contributed by atoms with E-state index >= 15 is 0 Å². The molecule has 0 spiro atoms. The second-order valence-electron chi connectivity index (χ2n) is 6.14. The molecule has 1 aliphatic heterocycles. The smallest absolute Gasteiger partial charge is 0.105 e. The number of morpholine rings is 1. The van der Waals surface area contributed by atoms with Gasteiger partial charge in [0.1, 0.15) is 5.54 Å². The van der Waals surface area contributed by atoms with Crippen molar-refractivity contribution in [2.45, 2.75) is 71.2 Å². The average Bonchev–Trinajstić information content (AvgIpc) is 2.35. The molecule has 2 unspecified atom stereocenters. The molecule has 1 aliphatic rings. The van der Waals surface area contributed by atoms with E-state index in [0.717, 1.165) is 32.5 Å². The highest BCUT2D eigenvalue weighted by molar-refractivity contribution is 5.05. The fourth-order valence-corrected chi connectivity index (χ4v) is 2.86. The quantitative estimate of drug-likeness (QED) is 0.801. The fraction of sp³-hybridized carbons (Fsp3) is 0.933. The van der Waals surface area contributed by atoms with Crippen molar-refractivity contribution in [1.82, 2.24) is 10.2 Å². The van der Waals surface area contributed by atoms with Crippen molar-refractivity contribution in [2.75, 3.05) is 19.6 Å². The molecule has 4 atom stereocenters. The number of hydrogen-bond acceptors (Lipinski definition) is 4. The van der Waals surface area contributed by atoms with Gasteiger partial charge in [-0.1, -0.05) is 6.92 Å². The SMILES string of the molecule is CCCNC(C)(C#N)CC(C)N1C[C@@H](C)O[C@@H](C)C1. The molecule has 0 amide bonds. The van der Waals surface area contributed by atoms with Gasteiger partial charge in [-0.25, -0.2) is 0 Å². The Morgan fingerprint density at radius 1 is 1.42 bits per heavy atom. The second kappa shape index (κ2) is 7.23. The predicted octanol–water partition coefficient (Wildman–Crippen LogP) is 2.16. The number of ether oxygens (including phenoxy) is 1. The predicted molar refractivity (Wildman–Crippen MR) is 78.0 cm³/mol. The van der Waals surface area contributed by atoms with E-state index in [2.05, 4.69) is 44.0 Å². The van der Waals surface area contributed by atoms with Gasteiger partial charge in [-0.05, 0) is 47.1 Å². The third-order valence-corrected chi connectivity index (χ3v) is 3.79. The Hall–Kier alpha value is -0.630. The lowest BCUT2D eigenvalue weighted by Gasteiger charge is -2.41. The molecule has 4 heteroatoms. The van der Waals surface area contributed by atoms with E-state index in [1.165, 1.54) is 0 Å². The summed E-state index contributed by atoms with van der Waals surface area (Å²) < 4.78 is 5.77. The zero-order valence-electron chi connectivity index (χ0n) is 13.1. The van der Waals surface area contributed by atoms with Crippen LogP contribution in [0.3, 0.4) is 0 Å². The molecule has 0 bridgehead atoms. The molecule has 0 saturated carbocycles. The van der Waals surface area contributed by atoms with Gasteiger partial charge in [-0.15, -0.1) is 0 Å². The minimum atomic E-state index is -0.430. The normalized spacial score (nSPS) is 29.5. The van der Waals surface area contributed by atoms with Gasteiger partial charge in [-0.2, -0.15) is 5.26 Å². The van der Waals surface area contributed by atoms with Gasteiger partial charge in [0.25, 0.3) is 0 Å². The van der Waals surface area contributed by atoms with Crippen LogP contribution in [-0.2, 0) is 4.74 Å². The Morgan fingerprint density at radius 3 is 2.47 bits per heavy atom. The van der Waals surface area contributed by atoms with Crippen LogP contribution < -0.4 is 5.32 Å². The summed E-state index contributed by atoms with van der Waals surface area (Å²) in [4.78, 5) is 2.45. The average molecular weight is 267 g/mol. The van der Waals surface area contributed by atoms with Crippen molar-refractivity contribution < 1.29 is 4.74 Å². The summed E-state index contributed by atoms with van der Waals surface area (Å²) in [6.07, 6.45) is 2.46. The van der Waals surface area contributed by atoms with Crippen molar-refractivity contribution >= 4 is 0 Å². The first-order valence-electron chi connectivity index (χ1n) is 7.46. The molecule has 1 saturated heterocycles. The minimum absolute atomic E-state index is 0.281. The highest BCUT2D eigenvalue weighted by Gasteiger charge is 2.31. The van der Waals surface area contributed by atoms with E-state index in [0.29, 0.717) is 6.04 Å². The highest BCUT2D eigenvalue weighted by atomic mass is 16.5. The van der Waals surface area contributed by atoms with Crippen LogP contribution in [0.5, 0.6) is 0 Å². The molecule has 1 rings (SSSR count). The Balaban J connectivity index is 2.57. The Labute approximate surface area is 118 Å². The molecular weight excluding hydrogens is 238 g/mol. The number of hydrogen-bond donors (Lipinski definition) is 1. The van der Waals surface area contributed by atoms with Crippen molar-refractivity contribution in [3.8, 4) is 6.07 Å². The standard InChI is InChI=1S/C15H29N3O/c1-6-7-17-15(5,11-16)8-12(2)18-9-13(3)19-14(4)10-18/h12-14,17H,6-10H2,1-5H3/t12?,13-,14+,15?. The number of nitrogens with one attached hydrogen (secondary N) is 1. The maximum Gasteiger partial charge on any atom is 0.105 e. The summed E-state index contributed by atoms with van der Waals surface area (Å²) in [6, 6.07) is 2.83. The molecule has 0 aliphatic carbocycles. The molecule has 0 aromatic rings. The lowest BCUT2D eigenvalue weighted by molar-refractivity contribution is -0.0805. The number of nitriles is 1. The van der Waals surface area contributed by atoms with E-state index in [1.54, 1.807) is 0 Å². The fourth-order valence-electron chi connectivity index (χ4n) is 2.86. The lowest BCUT2D eigenvalue weighted by Crippen LogP contribution is -2.53. The Bertz CT molecular complexity index is 305. The van der Waals surface area contributed by atoms with E-state index < -0.39 is 5.54 Å². The monoisotopic (exact) mass is 267 g/mol. The topological polar surface area (TPSA) is 48.3 Å². The summed E-state index contributed by atoms with van der Waals surface area (Å²) in [6.45, 7) is 13.4. The van der Waals surface area contributed by atoms with Gasteiger partial charge < -0.3 is 4.74 Å². The van der Waals surface area contributed by atoms with E-state index in [9.17, 15) is 5.26 Å². The van der Waals surface area contributed by atoms with Crippen molar-refractivity contribution in [2.24, 2.45) is 0 Å². The Morgan fingerprint density at radius 2 is 2.00 bits per heavy atom. The molecule has 1 fully saturated rings. The van der Waals surface area contributed by atoms with Crippen LogP contribution in [0, 0.1) is 11.3 Å². The van der Waals surface area contributed by atoms with Gasteiger partial charge >= 0.3 is 0 Å². The number of nitrogens with zero attached hydrogens (tertiary/aromatic N) is 2. The van der Waals surface area contributed by atoms with Gasteiger partial charge in [0.05, 0.1) is 18.3 Å². The molecule has 110 valence electrons. The molecular formula is C15H29N3O. The van der Waals surface area contributed by atoms with E-state index in [-0.39, 0.29) is 12.2 Å². The molecule has 19 heavy (non-hydrogen) atoms. The zero-order valence-corrected chi connectivity index (χ0v) is 13.1. The summed E-state index contributed by atoms with van der Waals surface area (Å²) in [5, 5.41) is 12.8. The van der Waals surface area contributed by atoms with Crippen LogP contribution in [-0.4, -0.2) is 48.3 Å². The van der Waals surface area contributed by atoms with E-state index in [4.69, 9.17) is 4.74 Å². The minimum Gasteiger partial charge on any atom is -0.373 e. The first kappa shape index (κ1) is 16.4. The maximum atomic E-state index is 9.41. The Kier molecular flexibility index (Phi) is 6.25. The third-order valence-electron chi connectivity index (χ3n) is 3.79. The van der Waals surface area contributed by atoms with Crippen LogP contribution >= 0.6 is 0 Å². The molecule has 4 nitrogen and oxygen atoms in total. The zero-order chi connectivity index (χ0) is 14.5. The summed E-state index contributed by atoms with van der Waals surface area (Å²) in [7, 11) is 0. The first-order valence-corrected chi connectivity index (χ1v) is 7.46. The summed E-state index contributed by atoms with van der Waals surface area (Å²) in [5.41, 5.74) is -0.430. The van der Waals surface area contributed by atoms with Gasteiger partial charge in [0.15, 0.2) is 0 Å². The summed E-state index contributed by atoms with van der Waals surface area (Å²) >= 11 is 0. The molecule has 0 radical (unpaired) electrons. The lowest BCUT2D eigenvalue weighted by atomic mass is 9.93. The second-order valence-corrected chi connectivity index (χ2v) is 6.14. The van der Waals surface area contributed by atoms with Crippen LogP contribution in [0.1, 0.15) is 47.5 Å². The van der Waals surface area contributed by atoms with E-state index in [1.807, 2.05) is 6.92 Å². The van der Waals surface area contributed by atoms with Gasteiger partial charge in [-0.3, -0.25) is 10.2 Å². The molecule has 1 heterocycles. The van der Waals surface area contributed by atoms with Crippen LogP contribution in [0.2, 0.25) is 0 Å². The van der Waals surface area contributed by atoms with Crippen molar-refractivity contribution in [3.63, 3.8) is 0 Å². The van der Waals surface area contributed by atoms with Gasteiger partial charge in [0, 0.05) is 19.1 Å². The first-order chi connectivity index (χ1) is 8.90. The van der Waals surface area contributed by atoms with Crippen LogP contribution in [0.15, 0.2) is 0 Å². The van der Waals surface area contributed by atoms with Crippen LogP contribution in [0.4, 0.5) is 0 Å². The summed E-state index contributed by atoms with van der Waals surface area (Å²) in [5.74, 6) is 0. The molecule has 0 aromatic heterocycles. The van der Waals surface area contributed by atoms with Crippen LogP contribution in [0.25, 0.3) is 0 Å². The van der Waals surface area contributed by atoms with Crippen molar-refractivity contribution in [3.05, 3.63) is 0 Å². The van der Waals surface area contributed by atoms with Gasteiger partial charge in [0.2, 0.25) is 0 Å². The molecule has 0 aromatic carbocycles. The van der Waals surface area contributed by atoms with Crippen molar-refractivity contribution in [1.29, 1.82) is 5.26 Å². The maximum absolute atomic E-state index is 9.41. The molecule has 1 N–H and O–H groups in total. The third kappa shape index (κ3) is 5.10. The highest BCUT2D eigenvalue weighted by Crippen LogP contribution is 2.20.